The molecule has 0 unspecified atom stereocenters. The molecule has 29 heavy (non-hydrogen) atoms. The summed E-state index contributed by atoms with van der Waals surface area (Å²) in [5.74, 6) is 0.897. The van der Waals surface area contributed by atoms with Gasteiger partial charge in [0.15, 0.2) is 5.43 Å². The molecule has 0 N–H and O–H groups in total. The third-order valence-electron chi connectivity index (χ3n) is 5.45. The summed E-state index contributed by atoms with van der Waals surface area (Å²) in [6, 6.07) is 17.2. The van der Waals surface area contributed by atoms with Gasteiger partial charge in [-0.05, 0) is 29.7 Å². The first-order valence-corrected chi connectivity index (χ1v) is 10.0. The van der Waals surface area contributed by atoms with Gasteiger partial charge in [0.2, 0.25) is 0 Å². The number of anilines is 2. The normalized spacial score (nSPS) is 14.5. The van der Waals surface area contributed by atoms with E-state index in [0.29, 0.717) is 10.4 Å². The summed E-state index contributed by atoms with van der Waals surface area (Å²) < 4.78 is 0. The van der Waals surface area contributed by atoms with Gasteiger partial charge in [-0.25, -0.2) is 4.98 Å². The standard InChI is InChI=1S/C23H19ClN4O/c24-17-7-8-25-22(13-17)28-11-9-27(10-12-28)18-14-20-21(26-15-18)6-5-16-3-1-2-4-19(16)23(20)29/h1-8,13-15H,9-12H2. The Morgan fingerprint density at radius 2 is 1.62 bits per heavy atom. The van der Waals surface area contributed by atoms with Crippen molar-refractivity contribution in [3.63, 3.8) is 0 Å². The van der Waals surface area contributed by atoms with Crippen molar-refractivity contribution < 1.29 is 0 Å². The summed E-state index contributed by atoms with van der Waals surface area (Å²) in [5, 5.41) is 3.00. The third kappa shape index (κ3) is 3.38. The van der Waals surface area contributed by atoms with Crippen LogP contribution in [0.4, 0.5) is 11.5 Å². The molecule has 2 aromatic heterocycles. The number of hydrogen-bond donors (Lipinski definition) is 0. The minimum absolute atomic E-state index is 0.0247. The summed E-state index contributed by atoms with van der Waals surface area (Å²) in [4.78, 5) is 26.6. The summed E-state index contributed by atoms with van der Waals surface area (Å²) in [7, 11) is 0. The third-order valence-corrected chi connectivity index (χ3v) is 5.69. The van der Waals surface area contributed by atoms with Crippen molar-refractivity contribution in [2.75, 3.05) is 36.0 Å². The van der Waals surface area contributed by atoms with Gasteiger partial charge in [0, 0.05) is 42.8 Å². The summed E-state index contributed by atoms with van der Waals surface area (Å²) in [6.07, 6.45) is 3.59. The molecule has 144 valence electrons. The Balaban J connectivity index is 1.46. The molecule has 0 aliphatic carbocycles. The molecule has 0 radical (unpaired) electrons. The topological polar surface area (TPSA) is 49.3 Å². The predicted octanol–water partition coefficient (Wildman–Crippen LogP) is 4.12. The smallest absolute Gasteiger partial charge is 0.195 e. The predicted molar refractivity (Wildman–Crippen MR) is 119 cm³/mol. The minimum atomic E-state index is 0.0247. The average Bonchev–Trinajstić information content (AvgIpc) is 2.91. The van der Waals surface area contributed by atoms with Crippen LogP contribution in [0.3, 0.4) is 0 Å². The van der Waals surface area contributed by atoms with E-state index in [-0.39, 0.29) is 5.43 Å². The molecule has 3 heterocycles. The highest BCUT2D eigenvalue weighted by Crippen LogP contribution is 2.23. The Morgan fingerprint density at radius 1 is 0.828 bits per heavy atom. The summed E-state index contributed by atoms with van der Waals surface area (Å²) >= 11 is 6.10. The fourth-order valence-corrected chi connectivity index (χ4v) is 4.03. The zero-order chi connectivity index (χ0) is 19.8. The van der Waals surface area contributed by atoms with E-state index in [1.807, 2.05) is 54.7 Å². The Hall–Kier alpha value is -3.18. The van der Waals surface area contributed by atoms with E-state index in [4.69, 9.17) is 11.6 Å². The molecular formula is C23H19ClN4O. The van der Waals surface area contributed by atoms with Crippen LogP contribution in [-0.2, 0) is 0 Å². The fraction of sp³-hybridized carbons (Fsp3) is 0.174. The van der Waals surface area contributed by atoms with Crippen molar-refractivity contribution in [3.8, 4) is 0 Å². The Bertz CT molecular complexity index is 1270. The largest absolute Gasteiger partial charge is 0.367 e. The van der Waals surface area contributed by atoms with Gasteiger partial charge >= 0.3 is 0 Å². The molecule has 4 aromatic rings. The molecular weight excluding hydrogens is 384 g/mol. The maximum absolute atomic E-state index is 13.1. The number of fused-ring (bicyclic) bond motifs is 2. The number of rotatable bonds is 2. The molecule has 1 fully saturated rings. The van der Waals surface area contributed by atoms with Crippen molar-refractivity contribution in [2.24, 2.45) is 0 Å². The van der Waals surface area contributed by atoms with Gasteiger partial charge in [-0.15, -0.1) is 0 Å². The number of pyridine rings is 2. The average molecular weight is 403 g/mol. The van der Waals surface area contributed by atoms with Crippen LogP contribution < -0.4 is 15.2 Å². The number of piperazine rings is 1. The minimum Gasteiger partial charge on any atom is -0.367 e. The highest BCUT2D eigenvalue weighted by Gasteiger charge is 2.19. The van der Waals surface area contributed by atoms with Crippen molar-refractivity contribution in [2.45, 2.75) is 0 Å². The Kier molecular flexibility index (Phi) is 4.52. The van der Waals surface area contributed by atoms with Crippen molar-refractivity contribution >= 4 is 44.8 Å². The van der Waals surface area contributed by atoms with Crippen LogP contribution >= 0.6 is 11.6 Å². The van der Waals surface area contributed by atoms with Crippen LogP contribution in [0.5, 0.6) is 0 Å². The second-order valence-electron chi connectivity index (χ2n) is 7.18. The quantitative estimate of drug-likeness (QED) is 0.504. The van der Waals surface area contributed by atoms with Gasteiger partial charge in [-0.2, -0.15) is 0 Å². The van der Waals surface area contributed by atoms with E-state index in [2.05, 4.69) is 19.8 Å². The lowest BCUT2D eigenvalue weighted by Crippen LogP contribution is -2.46. The van der Waals surface area contributed by atoms with Gasteiger partial charge in [0.05, 0.1) is 22.8 Å². The van der Waals surface area contributed by atoms with Crippen LogP contribution in [-0.4, -0.2) is 36.1 Å². The van der Waals surface area contributed by atoms with Crippen LogP contribution in [0, 0.1) is 0 Å². The highest BCUT2D eigenvalue weighted by molar-refractivity contribution is 6.30. The molecule has 1 aliphatic heterocycles. The lowest BCUT2D eigenvalue weighted by atomic mass is 10.1. The van der Waals surface area contributed by atoms with Crippen LogP contribution in [0.25, 0.3) is 21.7 Å². The molecule has 0 atom stereocenters. The number of benzene rings is 1. The maximum atomic E-state index is 13.1. The first-order chi connectivity index (χ1) is 14.2. The first kappa shape index (κ1) is 17.9. The van der Waals surface area contributed by atoms with Crippen molar-refractivity contribution in [1.82, 2.24) is 9.97 Å². The Morgan fingerprint density at radius 3 is 2.45 bits per heavy atom. The van der Waals surface area contributed by atoms with Crippen LogP contribution in [0.2, 0.25) is 5.02 Å². The number of halogens is 1. The van der Waals surface area contributed by atoms with Gasteiger partial charge in [-0.1, -0.05) is 41.9 Å². The van der Waals surface area contributed by atoms with E-state index in [1.165, 1.54) is 0 Å². The molecule has 0 spiro atoms. The van der Waals surface area contributed by atoms with E-state index in [9.17, 15) is 4.79 Å². The fourth-order valence-electron chi connectivity index (χ4n) is 3.88. The first-order valence-electron chi connectivity index (χ1n) is 9.62. The van der Waals surface area contributed by atoms with E-state index >= 15 is 0 Å². The molecule has 5 rings (SSSR count). The van der Waals surface area contributed by atoms with E-state index in [1.54, 1.807) is 12.3 Å². The van der Waals surface area contributed by atoms with Crippen LogP contribution in [0.15, 0.2) is 71.8 Å². The molecule has 6 heteroatoms. The van der Waals surface area contributed by atoms with Gasteiger partial charge in [-0.3, -0.25) is 9.78 Å². The molecule has 0 bridgehead atoms. The number of hydrogen-bond acceptors (Lipinski definition) is 5. The second kappa shape index (κ2) is 7.33. The molecule has 1 aliphatic rings. The number of nitrogens with zero attached hydrogens (tertiary/aromatic N) is 4. The molecule has 2 aromatic carbocycles. The van der Waals surface area contributed by atoms with E-state index in [0.717, 1.165) is 54.0 Å². The SMILES string of the molecule is O=c1c2ccccc2ccc2ncc(N3CCN(c4cc(Cl)ccn4)CC3)cc12. The lowest BCUT2D eigenvalue weighted by Gasteiger charge is -2.36. The van der Waals surface area contributed by atoms with E-state index < -0.39 is 0 Å². The lowest BCUT2D eigenvalue weighted by molar-refractivity contribution is 0.647. The zero-order valence-electron chi connectivity index (χ0n) is 15.8. The Labute approximate surface area is 173 Å². The van der Waals surface area contributed by atoms with Gasteiger partial charge in [0.25, 0.3) is 0 Å². The molecule has 1 saturated heterocycles. The molecule has 0 amide bonds. The van der Waals surface area contributed by atoms with Gasteiger partial charge in [0.1, 0.15) is 5.82 Å². The van der Waals surface area contributed by atoms with Crippen molar-refractivity contribution in [3.05, 3.63) is 82.2 Å². The second-order valence-corrected chi connectivity index (χ2v) is 7.62. The monoisotopic (exact) mass is 402 g/mol. The van der Waals surface area contributed by atoms with Crippen LogP contribution in [0.1, 0.15) is 0 Å². The number of aromatic nitrogens is 2. The summed E-state index contributed by atoms with van der Waals surface area (Å²) in [6.45, 7) is 3.33. The zero-order valence-corrected chi connectivity index (χ0v) is 16.5. The van der Waals surface area contributed by atoms with Gasteiger partial charge < -0.3 is 9.80 Å². The maximum Gasteiger partial charge on any atom is 0.195 e. The van der Waals surface area contributed by atoms with Crippen molar-refractivity contribution in [1.29, 1.82) is 0 Å². The molecule has 0 saturated carbocycles. The summed E-state index contributed by atoms with van der Waals surface area (Å²) in [5.41, 5.74) is 1.72. The highest BCUT2D eigenvalue weighted by atomic mass is 35.5. The molecule has 5 nitrogen and oxygen atoms in total.